The fourth-order valence-electron chi connectivity index (χ4n) is 2.16. The molecule has 0 saturated carbocycles. The molecule has 1 heterocycles. The zero-order valence-corrected chi connectivity index (χ0v) is 10.8. The van der Waals surface area contributed by atoms with E-state index in [0.717, 1.165) is 22.4 Å². The van der Waals surface area contributed by atoms with Crippen LogP contribution in [0.4, 0.5) is 0 Å². The van der Waals surface area contributed by atoms with E-state index in [2.05, 4.69) is 11.1 Å². The maximum atomic E-state index is 9.34. The van der Waals surface area contributed by atoms with Crippen molar-refractivity contribution in [3.05, 3.63) is 78.5 Å². The number of hydrogen-bond acceptors (Lipinski definition) is 2. The second kappa shape index (κ2) is 5.38. The summed E-state index contributed by atoms with van der Waals surface area (Å²) in [6.07, 6.45) is 0. The van der Waals surface area contributed by atoms with Crippen molar-refractivity contribution in [3.8, 4) is 28.5 Å². The van der Waals surface area contributed by atoms with Crippen molar-refractivity contribution >= 4 is 0 Å². The van der Waals surface area contributed by atoms with Crippen LogP contribution >= 0.6 is 0 Å². The van der Waals surface area contributed by atoms with Crippen molar-refractivity contribution in [1.29, 1.82) is 5.26 Å². The Kier molecular flexibility index (Phi) is 3.26. The van der Waals surface area contributed by atoms with Crippen LogP contribution < -0.4 is 0 Å². The molecule has 0 bridgehead atoms. The summed E-state index contributed by atoms with van der Waals surface area (Å²) in [6.45, 7) is 0. The third kappa shape index (κ3) is 2.30. The lowest BCUT2D eigenvalue weighted by atomic mass is 10.0. The van der Waals surface area contributed by atoms with Crippen LogP contribution in [0.15, 0.2) is 72.8 Å². The van der Waals surface area contributed by atoms with Crippen LogP contribution in [0.1, 0.15) is 5.69 Å². The van der Waals surface area contributed by atoms with E-state index in [0.29, 0.717) is 5.69 Å². The highest BCUT2D eigenvalue weighted by Gasteiger charge is 2.08. The van der Waals surface area contributed by atoms with E-state index in [1.54, 1.807) is 0 Å². The summed E-state index contributed by atoms with van der Waals surface area (Å²) < 4.78 is 0. The predicted molar refractivity (Wildman–Crippen MR) is 79.8 cm³/mol. The minimum absolute atomic E-state index is 0.456. The molecule has 0 radical (unpaired) electrons. The molecule has 94 valence electrons. The number of aromatic nitrogens is 1. The first-order valence-electron chi connectivity index (χ1n) is 6.40. The highest BCUT2D eigenvalue weighted by atomic mass is 14.7. The van der Waals surface area contributed by atoms with Crippen LogP contribution in [0.25, 0.3) is 22.4 Å². The molecule has 0 spiro atoms. The Bertz CT molecular complexity index is 756. The van der Waals surface area contributed by atoms with Gasteiger partial charge in [-0.25, -0.2) is 4.98 Å². The molecule has 3 aromatic rings. The highest BCUT2D eigenvalue weighted by Crippen LogP contribution is 2.25. The number of hydrogen-bond donors (Lipinski definition) is 0. The number of benzene rings is 2. The predicted octanol–water partition coefficient (Wildman–Crippen LogP) is 4.29. The van der Waals surface area contributed by atoms with Gasteiger partial charge in [0.1, 0.15) is 11.8 Å². The van der Waals surface area contributed by atoms with Gasteiger partial charge in [-0.1, -0.05) is 60.7 Å². The Labute approximate surface area is 118 Å². The Balaban J connectivity index is 2.11. The largest absolute Gasteiger partial charge is 0.236 e. The molecule has 0 fully saturated rings. The molecule has 1 aromatic heterocycles. The Morgan fingerprint density at radius 1 is 0.700 bits per heavy atom. The van der Waals surface area contributed by atoms with E-state index < -0.39 is 0 Å². The summed E-state index contributed by atoms with van der Waals surface area (Å²) in [4.78, 5) is 4.48. The van der Waals surface area contributed by atoms with E-state index in [4.69, 9.17) is 0 Å². The molecule has 2 nitrogen and oxygen atoms in total. The fraction of sp³-hybridized carbons (Fsp3) is 0. The smallest absolute Gasteiger partial charge is 0.148 e. The summed E-state index contributed by atoms with van der Waals surface area (Å²) in [6, 6.07) is 25.8. The van der Waals surface area contributed by atoms with Crippen molar-refractivity contribution in [3.63, 3.8) is 0 Å². The van der Waals surface area contributed by atoms with Gasteiger partial charge >= 0.3 is 0 Å². The lowest BCUT2D eigenvalue weighted by molar-refractivity contribution is 1.27. The molecule has 0 unspecified atom stereocenters. The molecule has 0 saturated heterocycles. The van der Waals surface area contributed by atoms with Crippen molar-refractivity contribution in [1.82, 2.24) is 4.98 Å². The van der Waals surface area contributed by atoms with E-state index in [1.165, 1.54) is 0 Å². The van der Waals surface area contributed by atoms with E-state index in [9.17, 15) is 5.26 Å². The average molecular weight is 256 g/mol. The fourth-order valence-corrected chi connectivity index (χ4v) is 2.16. The maximum Gasteiger partial charge on any atom is 0.148 e. The van der Waals surface area contributed by atoms with Crippen LogP contribution in [-0.4, -0.2) is 4.98 Å². The Morgan fingerprint density at radius 3 is 1.90 bits per heavy atom. The highest BCUT2D eigenvalue weighted by molar-refractivity contribution is 5.72. The Morgan fingerprint density at radius 2 is 1.30 bits per heavy atom. The van der Waals surface area contributed by atoms with Crippen LogP contribution in [0.5, 0.6) is 0 Å². The van der Waals surface area contributed by atoms with E-state index >= 15 is 0 Å². The van der Waals surface area contributed by atoms with Gasteiger partial charge in [0.2, 0.25) is 0 Å². The molecule has 20 heavy (non-hydrogen) atoms. The van der Waals surface area contributed by atoms with Crippen molar-refractivity contribution < 1.29 is 0 Å². The maximum absolute atomic E-state index is 9.34. The minimum atomic E-state index is 0.456. The van der Waals surface area contributed by atoms with Gasteiger partial charge in [0, 0.05) is 11.1 Å². The average Bonchev–Trinajstić information content (AvgIpc) is 2.56. The topological polar surface area (TPSA) is 36.7 Å². The molecular formula is C18H12N2. The summed E-state index contributed by atoms with van der Waals surface area (Å²) in [5.74, 6) is 0. The van der Waals surface area contributed by atoms with Gasteiger partial charge in [-0.15, -0.1) is 0 Å². The first-order chi connectivity index (χ1) is 9.88. The second-order valence-corrected chi connectivity index (χ2v) is 4.44. The zero-order chi connectivity index (χ0) is 13.8. The van der Waals surface area contributed by atoms with Gasteiger partial charge in [0.15, 0.2) is 0 Å². The molecule has 0 amide bonds. The number of nitrogens with zero attached hydrogens (tertiary/aromatic N) is 2. The molecule has 3 rings (SSSR count). The Hall–Kier alpha value is -2.92. The zero-order valence-electron chi connectivity index (χ0n) is 10.8. The first kappa shape index (κ1) is 12.1. The summed E-state index contributed by atoms with van der Waals surface area (Å²) in [5.41, 5.74) is 4.17. The summed E-state index contributed by atoms with van der Waals surface area (Å²) in [5, 5.41) is 9.34. The molecule has 0 aliphatic rings. The van der Waals surface area contributed by atoms with Crippen molar-refractivity contribution in [2.45, 2.75) is 0 Å². The molecule has 0 aliphatic heterocycles. The van der Waals surface area contributed by atoms with Crippen molar-refractivity contribution in [2.24, 2.45) is 0 Å². The SMILES string of the molecule is N#Cc1nc(-c2ccccc2)ccc1-c1ccccc1. The van der Waals surface area contributed by atoms with Crippen LogP contribution in [0.3, 0.4) is 0 Å². The van der Waals surface area contributed by atoms with Gasteiger partial charge in [-0.05, 0) is 17.7 Å². The van der Waals surface area contributed by atoms with Gasteiger partial charge in [0.25, 0.3) is 0 Å². The minimum Gasteiger partial charge on any atom is -0.236 e. The van der Waals surface area contributed by atoms with E-state index in [1.807, 2.05) is 72.8 Å². The van der Waals surface area contributed by atoms with Crippen LogP contribution in [0.2, 0.25) is 0 Å². The number of nitriles is 1. The lowest BCUT2D eigenvalue weighted by Gasteiger charge is -2.06. The quantitative estimate of drug-likeness (QED) is 0.686. The van der Waals surface area contributed by atoms with Crippen LogP contribution in [-0.2, 0) is 0 Å². The van der Waals surface area contributed by atoms with Gasteiger partial charge < -0.3 is 0 Å². The molecule has 0 aliphatic carbocycles. The monoisotopic (exact) mass is 256 g/mol. The normalized spacial score (nSPS) is 9.95. The molecular weight excluding hydrogens is 244 g/mol. The standard InChI is InChI=1S/C18H12N2/c19-13-18-16(14-7-3-1-4-8-14)11-12-17(20-18)15-9-5-2-6-10-15/h1-12H. The third-order valence-corrected chi connectivity index (χ3v) is 3.16. The second-order valence-electron chi connectivity index (χ2n) is 4.44. The van der Waals surface area contributed by atoms with E-state index in [-0.39, 0.29) is 0 Å². The molecule has 0 N–H and O–H groups in total. The number of pyridine rings is 1. The van der Waals surface area contributed by atoms with Gasteiger partial charge in [-0.2, -0.15) is 5.26 Å². The van der Waals surface area contributed by atoms with Gasteiger partial charge in [0.05, 0.1) is 5.69 Å². The number of rotatable bonds is 2. The first-order valence-corrected chi connectivity index (χ1v) is 6.40. The molecule has 2 aromatic carbocycles. The van der Waals surface area contributed by atoms with Gasteiger partial charge in [-0.3, -0.25) is 0 Å². The summed E-state index contributed by atoms with van der Waals surface area (Å²) in [7, 11) is 0. The van der Waals surface area contributed by atoms with Crippen molar-refractivity contribution in [2.75, 3.05) is 0 Å². The summed E-state index contributed by atoms with van der Waals surface area (Å²) >= 11 is 0. The van der Waals surface area contributed by atoms with Crippen LogP contribution in [0, 0.1) is 11.3 Å². The lowest BCUT2D eigenvalue weighted by Crippen LogP contribution is -1.92. The third-order valence-electron chi connectivity index (χ3n) is 3.16. The molecule has 0 atom stereocenters. The molecule has 2 heteroatoms.